The highest BCUT2D eigenvalue weighted by Crippen LogP contribution is 2.36. The maximum atomic E-state index is 6.16. The molecule has 1 heterocycles. The Labute approximate surface area is 111 Å². The summed E-state index contributed by atoms with van der Waals surface area (Å²) in [6.07, 6.45) is 0. The van der Waals surface area contributed by atoms with Crippen LogP contribution in [0.5, 0.6) is 0 Å². The van der Waals surface area contributed by atoms with Gasteiger partial charge in [-0.25, -0.2) is 0 Å². The van der Waals surface area contributed by atoms with Crippen molar-refractivity contribution in [1.82, 2.24) is 0 Å². The molecular weight excluding hydrogens is 261 g/mol. The van der Waals surface area contributed by atoms with Gasteiger partial charge in [0.05, 0.1) is 19.8 Å². The van der Waals surface area contributed by atoms with E-state index in [1.807, 2.05) is 0 Å². The third-order valence-corrected chi connectivity index (χ3v) is 3.37. The van der Waals surface area contributed by atoms with Gasteiger partial charge in [0.1, 0.15) is 0 Å². The van der Waals surface area contributed by atoms with Gasteiger partial charge in [0.25, 0.3) is 0 Å². The average Bonchev–Trinajstić information content (AvgIpc) is 2.34. The van der Waals surface area contributed by atoms with Gasteiger partial charge < -0.3 is 15.2 Å². The zero-order valence-corrected chi connectivity index (χ0v) is 11.1. The molecule has 1 aromatic carbocycles. The van der Waals surface area contributed by atoms with Crippen molar-refractivity contribution in [1.29, 1.82) is 0 Å². The molecule has 1 fully saturated rings. The monoisotopic (exact) mass is 275 g/mol. The molecule has 3 nitrogen and oxygen atoms in total. The number of halogens is 2. The van der Waals surface area contributed by atoms with Gasteiger partial charge in [-0.2, -0.15) is 0 Å². The fourth-order valence-corrected chi connectivity index (χ4v) is 2.25. The van der Waals surface area contributed by atoms with Crippen LogP contribution in [0.25, 0.3) is 0 Å². The van der Waals surface area contributed by atoms with E-state index in [4.69, 9.17) is 38.4 Å². The van der Waals surface area contributed by atoms with Crippen molar-refractivity contribution in [2.24, 2.45) is 11.7 Å². The van der Waals surface area contributed by atoms with Crippen LogP contribution < -0.4 is 5.73 Å². The van der Waals surface area contributed by atoms with Gasteiger partial charge in [0.15, 0.2) is 0 Å². The SMILES string of the molecule is CC1COC(CN)(c2cc(Cl)ccc2Cl)OC1. The molecule has 1 aliphatic rings. The Morgan fingerprint density at radius 2 is 2.00 bits per heavy atom. The molecule has 1 aliphatic heterocycles. The molecule has 0 bridgehead atoms. The largest absolute Gasteiger partial charge is 0.344 e. The van der Waals surface area contributed by atoms with E-state index in [-0.39, 0.29) is 6.54 Å². The number of benzene rings is 1. The minimum Gasteiger partial charge on any atom is -0.344 e. The summed E-state index contributed by atoms with van der Waals surface area (Å²) in [5, 5.41) is 1.14. The van der Waals surface area contributed by atoms with Crippen molar-refractivity contribution in [3.63, 3.8) is 0 Å². The van der Waals surface area contributed by atoms with E-state index in [1.54, 1.807) is 18.2 Å². The van der Waals surface area contributed by atoms with Crippen LogP contribution in [0.4, 0.5) is 0 Å². The fourth-order valence-electron chi connectivity index (χ4n) is 1.82. The van der Waals surface area contributed by atoms with E-state index in [0.29, 0.717) is 34.7 Å². The maximum absolute atomic E-state index is 6.16. The Balaban J connectivity index is 2.37. The average molecular weight is 276 g/mol. The molecule has 2 N–H and O–H groups in total. The van der Waals surface area contributed by atoms with E-state index in [2.05, 4.69) is 6.92 Å². The van der Waals surface area contributed by atoms with E-state index < -0.39 is 5.79 Å². The molecule has 5 heteroatoms. The standard InChI is InChI=1S/C12H15Cl2NO2/c1-8-5-16-12(7-15,17-6-8)10-4-9(13)2-3-11(10)14/h2-4,8H,5-7,15H2,1H3. The van der Waals surface area contributed by atoms with Crippen LogP contribution in [0.15, 0.2) is 18.2 Å². The first kappa shape index (κ1) is 13.1. The van der Waals surface area contributed by atoms with Gasteiger partial charge in [-0.1, -0.05) is 30.1 Å². The highest BCUT2D eigenvalue weighted by Gasteiger charge is 2.39. The quantitative estimate of drug-likeness (QED) is 0.903. The van der Waals surface area contributed by atoms with Gasteiger partial charge in [-0.15, -0.1) is 0 Å². The summed E-state index contributed by atoms with van der Waals surface area (Å²) < 4.78 is 11.5. The van der Waals surface area contributed by atoms with Crippen molar-refractivity contribution in [3.8, 4) is 0 Å². The second-order valence-electron chi connectivity index (χ2n) is 4.31. The summed E-state index contributed by atoms with van der Waals surface area (Å²) in [6.45, 7) is 3.46. The van der Waals surface area contributed by atoms with Gasteiger partial charge >= 0.3 is 0 Å². The highest BCUT2D eigenvalue weighted by molar-refractivity contribution is 6.33. The number of rotatable bonds is 2. The lowest BCUT2D eigenvalue weighted by atomic mass is 10.0. The van der Waals surface area contributed by atoms with Crippen LogP contribution in [0.1, 0.15) is 12.5 Å². The summed E-state index contributed by atoms with van der Waals surface area (Å²) in [7, 11) is 0. The van der Waals surface area contributed by atoms with E-state index >= 15 is 0 Å². The molecule has 0 spiro atoms. The predicted octanol–water partition coefficient (Wildman–Crippen LogP) is 2.79. The molecule has 0 atom stereocenters. The summed E-state index contributed by atoms with van der Waals surface area (Å²) in [6, 6.07) is 5.19. The molecule has 17 heavy (non-hydrogen) atoms. The lowest BCUT2D eigenvalue weighted by Gasteiger charge is -2.39. The van der Waals surface area contributed by atoms with E-state index in [1.165, 1.54) is 0 Å². The minimum absolute atomic E-state index is 0.208. The molecule has 0 unspecified atom stereocenters. The van der Waals surface area contributed by atoms with E-state index in [9.17, 15) is 0 Å². The molecule has 1 saturated heterocycles. The maximum Gasteiger partial charge on any atom is 0.209 e. The Morgan fingerprint density at radius 3 is 2.59 bits per heavy atom. The van der Waals surface area contributed by atoms with Crippen molar-refractivity contribution < 1.29 is 9.47 Å². The van der Waals surface area contributed by atoms with Crippen LogP contribution in [0.3, 0.4) is 0 Å². The minimum atomic E-state index is -0.964. The van der Waals surface area contributed by atoms with Gasteiger partial charge in [-0.05, 0) is 18.2 Å². The third kappa shape index (κ3) is 2.59. The molecule has 94 valence electrons. The first-order valence-electron chi connectivity index (χ1n) is 5.51. The molecule has 0 amide bonds. The van der Waals surface area contributed by atoms with Crippen molar-refractivity contribution in [2.45, 2.75) is 12.7 Å². The first-order valence-corrected chi connectivity index (χ1v) is 6.26. The Hall–Kier alpha value is -0.320. The summed E-state index contributed by atoms with van der Waals surface area (Å²) in [5.41, 5.74) is 6.48. The zero-order chi connectivity index (χ0) is 12.5. The summed E-state index contributed by atoms with van der Waals surface area (Å²) >= 11 is 12.1. The zero-order valence-electron chi connectivity index (χ0n) is 9.58. The Bertz CT molecular complexity index is 403. The van der Waals surface area contributed by atoms with Crippen molar-refractivity contribution in [3.05, 3.63) is 33.8 Å². The first-order chi connectivity index (χ1) is 8.07. The molecule has 0 radical (unpaired) electrons. The molecular formula is C12H15Cl2NO2. The normalized spacial score (nSPS) is 29.3. The van der Waals surface area contributed by atoms with Crippen molar-refractivity contribution >= 4 is 23.2 Å². The lowest BCUT2D eigenvalue weighted by molar-refractivity contribution is -0.284. The van der Waals surface area contributed by atoms with Crippen LogP contribution in [0, 0.1) is 5.92 Å². The molecule has 1 aromatic rings. The lowest BCUT2D eigenvalue weighted by Crippen LogP contribution is -2.46. The molecule has 0 saturated carbocycles. The molecule has 0 aliphatic carbocycles. The third-order valence-electron chi connectivity index (χ3n) is 2.81. The van der Waals surface area contributed by atoms with Gasteiger partial charge in [-0.3, -0.25) is 0 Å². The number of hydrogen-bond acceptors (Lipinski definition) is 3. The van der Waals surface area contributed by atoms with Crippen LogP contribution in [-0.2, 0) is 15.3 Å². The second kappa shape index (κ2) is 5.12. The molecule has 2 rings (SSSR count). The Morgan fingerprint density at radius 1 is 1.35 bits per heavy atom. The molecule has 0 aromatic heterocycles. The van der Waals surface area contributed by atoms with Crippen LogP contribution in [-0.4, -0.2) is 19.8 Å². The topological polar surface area (TPSA) is 44.5 Å². The number of nitrogens with two attached hydrogens (primary N) is 1. The highest BCUT2D eigenvalue weighted by atomic mass is 35.5. The van der Waals surface area contributed by atoms with E-state index in [0.717, 1.165) is 0 Å². The summed E-state index contributed by atoms with van der Waals surface area (Å²) in [4.78, 5) is 0. The number of hydrogen-bond donors (Lipinski definition) is 1. The second-order valence-corrected chi connectivity index (χ2v) is 5.15. The number of ether oxygens (including phenoxy) is 2. The summed E-state index contributed by atoms with van der Waals surface area (Å²) in [5.74, 6) is -0.610. The van der Waals surface area contributed by atoms with Crippen molar-refractivity contribution in [2.75, 3.05) is 19.8 Å². The Kier molecular flexibility index (Phi) is 3.95. The van der Waals surface area contributed by atoms with Crippen LogP contribution >= 0.6 is 23.2 Å². The fraction of sp³-hybridized carbons (Fsp3) is 0.500. The van der Waals surface area contributed by atoms with Gasteiger partial charge in [0, 0.05) is 21.5 Å². The predicted molar refractivity (Wildman–Crippen MR) is 68.3 cm³/mol. The van der Waals surface area contributed by atoms with Gasteiger partial charge in [0.2, 0.25) is 5.79 Å². The van der Waals surface area contributed by atoms with Crippen LogP contribution in [0.2, 0.25) is 10.0 Å². The smallest absolute Gasteiger partial charge is 0.209 e.